The van der Waals surface area contributed by atoms with Crippen LogP contribution in [0.25, 0.3) is 0 Å². The van der Waals surface area contributed by atoms with Gasteiger partial charge < -0.3 is 10.1 Å². The number of benzene rings is 1. The molecular formula is C12H15NO2. The molecule has 1 heterocycles. The van der Waals surface area contributed by atoms with Gasteiger partial charge in [-0.25, -0.2) is 0 Å². The number of rotatable bonds is 2. The van der Waals surface area contributed by atoms with Crippen molar-refractivity contribution in [3.05, 3.63) is 29.3 Å². The summed E-state index contributed by atoms with van der Waals surface area (Å²) in [5, 5.41) is 2.93. The summed E-state index contributed by atoms with van der Waals surface area (Å²) in [5.41, 5.74) is 3.36. The minimum absolute atomic E-state index is 0.114. The highest BCUT2D eigenvalue weighted by Gasteiger charge is 2.14. The average molecular weight is 205 g/mol. The topological polar surface area (TPSA) is 38.3 Å². The zero-order valence-corrected chi connectivity index (χ0v) is 8.88. The third-order valence-corrected chi connectivity index (χ3v) is 2.68. The zero-order chi connectivity index (χ0) is 10.7. The molecule has 1 amide bonds. The fourth-order valence-electron chi connectivity index (χ4n) is 1.98. The van der Waals surface area contributed by atoms with Gasteiger partial charge in [-0.2, -0.15) is 0 Å². The maximum absolute atomic E-state index is 11.4. The first-order valence-corrected chi connectivity index (χ1v) is 5.21. The van der Waals surface area contributed by atoms with Crippen LogP contribution in [0, 0.1) is 0 Å². The SMILES string of the molecule is COCc1cccc2c1CCCC(=O)N2. The zero-order valence-electron chi connectivity index (χ0n) is 8.88. The summed E-state index contributed by atoms with van der Waals surface area (Å²) >= 11 is 0. The van der Waals surface area contributed by atoms with Gasteiger partial charge in [0.2, 0.25) is 5.91 Å². The Morgan fingerprint density at radius 3 is 3.07 bits per heavy atom. The summed E-state index contributed by atoms with van der Waals surface area (Å²) < 4.78 is 5.15. The Kier molecular flexibility index (Phi) is 3.02. The number of methoxy groups -OCH3 is 1. The molecule has 0 radical (unpaired) electrons. The predicted molar refractivity (Wildman–Crippen MR) is 58.7 cm³/mol. The predicted octanol–water partition coefficient (Wildman–Crippen LogP) is 2.11. The Morgan fingerprint density at radius 1 is 1.40 bits per heavy atom. The quantitative estimate of drug-likeness (QED) is 0.803. The third kappa shape index (κ3) is 2.18. The van der Waals surface area contributed by atoms with E-state index in [1.165, 1.54) is 11.1 Å². The second-order valence-electron chi connectivity index (χ2n) is 3.78. The van der Waals surface area contributed by atoms with Crippen LogP contribution in [0.3, 0.4) is 0 Å². The molecule has 0 fully saturated rings. The fraction of sp³-hybridized carbons (Fsp3) is 0.417. The molecule has 1 N–H and O–H groups in total. The molecule has 1 aromatic rings. The molecule has 3 nitrogen and oxygen atoms in total. The molecule has 1 aromatic carbocycles. The fourth-order valence-corrected chi connectivity index (χ4v) is 1.98. The van der Waals surface area contributed by atoms with Gasteiger partial charge in [0.25, 0.3) is 0 Å². The van der Waals surface area contributed by atoms with Crippen molar-refractivity contribution < 1.29 is 9.53 Å². The van der Waals surface area contributed by atoms with Gasteiger partial charge in [0, 0.05) is 19.2 Å². The standard InChI is InChI=1S/C12H15NO2/c1-15-8-9-4-2-6-11-10(9)5-3-7-12(14)13-11/h2,4,6H,3,5,7-8H2,1H3,(H,13,14). The smallest absolute Gasteiger partial charge is 0.224 e. The number of carbonyl (C=O) groups excluding carboxylic acids is 1. The van der Waals surface area contributed by atoms with E-state index in [4.69, 9.17) is 4.74 Å². The van der Waals surface area contributed by atoms with Crippen molar-refractivity contribution in [1.82, 2.24) is 0 Å². The van der Waals surface area contributed by atoms with Crippen LogP contribution in [0.4, 0.5) is 5.69 Å². The van der Waals surface area contributed by atoms with Crippen molar-refractivity contribution in [2.45, 2.75) is 25.9 Å². The van der Waals surface area contributed by atoms with Gasteiger partial charge in [-0.15, -0.1) is 0 Å². The van der Waals surface area contributed by atoms with Gasteiger partial charge in [-0.05, 0) is 30.0 Å². The molecule has 0 aromatic heterocycles. The summed E-state index contributed by atoms with van der Waals surface area (Å²) in [6.45, 7) is 0.610. The molecular weight excluding hydrogens is 190 g/mol. The Morgan fingerprint density at radius 2 is 2.27 bits per heavy atom. The van der Waals surface area contributed by atoms with Crippen molar-refractivity contribution in [3.8, 4) is 0 Å². The minimum Gasteiger partial charge on any atom is -0.380 e. The normalized spacial score (nSPS) is 15.4. The summed E-state index contributed by atoms with van der Waals surface area (Å²) in [7, 11) is 1.69. The molecule has 1 aliphatic rings. The van der Waals surface area contributed by atoms with E-state index in [0.717, 1.165) is 18.5 Å². The lowest BCUT2D eigenvalue weighted by Gasteiger charge is -2.11. The Hall–Kier alpha value is -1.35. The maximum atomic E-state index is 11.4. The molecule has 0 atom stereocenters. The molecule has 15 heavy (non-hydrogen) atoms. The van der Waals surface area contributed by atoms with Gasteiger partial charge in [0.1, 0.15) is 0 Å². The van der Waals surface area contributed by atoms with Crippen molar-refractivity contribution in [2.75, 3.05) is 12.4 Å². The van der Waals surface area contributed by atoms with Crippen LogP contribution < -0.4 is 5.32 Å². The molecule has 0 aliphatic carbocycles. The van der Waals surface area contributed by atoms with E-state index < -0.39 is 0 Å². The molecule has 1 aliphatic heterocycles. The van der Waals surface area contributed by atoms with Crippen molar-refractivity contribution in [3.63, 3.8) is 0 Å². The Balaban J connectivity index is 2.36. The number of fused-ring (bicyclic) bond motifs is 1. The van der Waals surface area contributed by atoms with Crippen LogP contribution in [-0.4, -0.2) is 13.0 Å². The van der Waals surface area contributed by atoms with Crippen molar-refractivity contribution in [1.29, 1.82) is 0 Å². The molecule has 0 unspecified atom stereocenters. The number of anilines is 1. The van der Waals surface area contributed by atoms with E-state index in [1.807, 2.05) is 12.1 Å². The summed E-state index contributed by atoms with van der Waals surface area (Å²) in [6, 6.07) is 5.97. The van der Waals surface area contributed by atoms with E-state index in [2.05, 4.69) is 11.4 Å². The molecule has 80 valence electrons. The van der Waals surface area contributed by atoms with Gasteiger partial charge in [0.15, 0.2) is 0 Å². The second-order valence-corrected chi connectivity index (χ2v) is 3.78. The highest BCUT2D eigenvalue weighted by molar-refractivity contribution is 5.92. The van der Waals surface area contributed by atoms with Crippen LogP contribution in [0.1, 0.15) is 24.0 Å². The van der Waals surface area contributed by atoms with Crippen LogP contribution in [0.5, 0.6) is 0 Å². The number of carbonyl (C=O) groups is 1. The number of ether oxygens (including phenoxy) is 1. The number of hydrogen-bond donors (Lipinski definition) is 1. The number of nitrogens with one attached hydrogen (secondary N) is 1. The van der Waals surface area contributed by atoms with Gasteiger partial charge in [0.05, 0.1) is 6.61 Å². The van der Waals surface area contributed by atoms with Crippen molar-refractivity contribution >= 4 is 11.6 Å². The molecule has 3 heteroatoms. The van der Waals surface area contributed by atoms with Crippen LogP contribution in [0.2, 0.25) is 0 Å². The highest BCUT2D eigenvalue weighted by atomic mass is 16.5. The minimum atomic E-state index is 0.114. The lowest BCUT2D eigenvalue weighted by molar-refractivity contribution is -0.116. The average Bonchev–Trinajstić information content (AvgIpc) is 2.40. The number of hydrogen-bond acceptors (Lipinski definition) is 2. The first kappa shape index (κ1) is 10.2. The number of amides is 1. The summed E-state index contributed by atoms with van der Waals surface area (Å²) in [5.74, 6) is 0.114. The lowest BCUT2D eigenvalue weighted by atomic mass is 10.0. The van der Waals surface area contributed by atoms with E-state index >= 15 is 0 Å². The molecule has 0 bridgehead atoms. The van der Waals surface area contributed by atoms with E-state index in [0.29, 0.717) is 13.0 Å². The largest absolute Gasteiger partial charge is 0.380 e. The van der Waals surface area contributed by atoms with Crippen LogP contribution >= 0.6 is 0 Å². The van der Waals surface area contributed by atoms with E-state index in [-0.39, 0.29) is 5.91 Å². The molecule has 0 spiro atoms. The molecule has 2 rings (SSSR count). The van der Waals surface area contributed by atoms with Gasteiger partial charge >= 0.3 is 0 Å². The highest BCUT2D eigenvalue weighted by Crippen LogP contribution is 2.25. The summed E-state index contributed by atoms with van der Waals surface area (Å²) in [6.07, 6.45) is 2.48. The van der Waals surface area contributed by atoms with E-state index in [9.17, 15) is 4.79 Å². The lowest BCUT2D eigenvalue weighted by Crippen LogP contribution is -2.09. The Bertz CT molecular complexity index is 374. The summed E-state index contributed by atoms with van der Waals surface area (Å²) in [4.78, 5) is 11.4. The monoisotopic (exact) mass is 205 g/mol. The van der Waals surface area contributed by atoms with Crippen LogP contribution in [-0.2, 0) is 22.6 Å². The third-order valence-electron chi connectivity index (χ3n) is 2.68. The van der Waals surface area contributed by atoms with Crippen molar-refractivity contribution in [2.24, 2.45) is 0 Å². The first-order valence-electron chi connectivity index (χ1n) is 5.21. The maximum Gasteiger partial charge on any atom is 0.224 e. The Labute approximate surface area is 89.4 Å². The van der Waals surface area contributed by atoms with E-state index in [1.54, 1.807) is 7.11 Å². The van der Waals surface area contributed by atoms with Crippen LogP contribution in [0.15, 0.2) is 18.2 Å². The van der Waals surface area contributed by atoms with Gasteiger partial charge in [-0.3, -0.25) is 4.79 Å². The first-order chi connectivity index (χ1) is 7.31. The molecule has 0 saturated carbocycles. The van der Waals surface area contributed by atoms with Gasteiger partial charge in [-0.1, -0.05) is 12.1 Å². The second kappa shape index (κ2) is 4.45. The molecule has 0 saturated heterocycles.